The summed E-state index contributed by atoms with van der Waals surface area (Å²) in [6, 6.07) is 8.89. The third-order valence-electron chi connectivity index (χ3n) is 3.55. The van der Waals surface area contributed by atoms with Gasteiger partial charge >= 0.3 is 5.97 Å². The fourth-order valence-corrected chi connectivity index (χ4v) is 2.70. The van der Waals surface area contributed by atoms with Crippen molar-refractivity contribution in [3.8, 4) is 0 Å². The van der Waals surface area contributed by atoms with Gasteiger partial charge in [-0.2, -0.15) is 0 Å². The second kappa shape index (κ2) is 6.06. The van der Waals surface area contributed by atoms with Gasteiger partial charge in [0.05, 0.1) is 13.5 Å². The third-order valence-corrected chi connectivity index (χ3v) is 3.55. The Morgan fingerprint density at radius 1 is 1.42 bits per heavy atom. The van der Waals surface area contributed by atoms with E-state index in [1.54, 1.807) is 0 Å². The monoisotopic (exact) mass is 262 g/mol. The molecule has 0 spiro atoms. The van der Waals surface area contributed by atoms with Crippen molar-refractivity contribution in [3.05, 3.63) is 29.8 Å². The van der Waals surface area contributed by atoms with E-state index in [0.29, 0.717) is 12.5 Å². The fraction of sp³-hybridized carbons (Fsp3) is 0.533. The molecule has 1 N–H and O–H groups in total. The number of hydrogen-bond donors (Lipinski definition) is 1. The maximum absolute atomic E-state index is 11.4. The first-order valence-electron chi connectivity index (χ1n) is 6.73. The molecule has 1 heterocycles. The normalized spacial score (nSPS) is 23.2. The molecule has 0 aromatic heterocycles. The number of anilines is 1. The second-order valence-electron chi connectivity index (χ2n) is 5.24. The molecule has 2 rings (SSSR count). The lowest BCUT2D eigenvalue weighted by Gasteiger charge is -2.39. The van der Waals surface area contributed by atoms with Crippen LogP contribution in [0.15, 0.2) is 24.3 Å². The van der Waals surface area contributed by atoms with Crippen LogP contribution in [-0.2, 0) is 9.53 Å². The maximum Gasteiger partial charge on any atom is 0.307 e. The lowest BCUT2D eigenvalue weighted by atomic mass is 10.1. The summed E-state index contributed by atoms with van der Waals surface area (Å²) in [5.74, 6) is -0.156. The molecule has 0 amide bonds. The Balaban J connectivity index is 2.10. The summed E-state index contributed by atoms with van der Waals surface area (Å²) < 4.78 is 4.76. The minimum atomic E-state index is -0.156. The predicted molar refractivity (Wildman–Crippen MR) is 76.4 cm³/mol. The van der Waals surface area contributed by atoms with Crippen molar-refractivity contribution >= 4 is 11.7 Å². The number of benzene rings is 1. The van der Waals surface area contributed by atoms with Gasteiger partial charge in [0.2, 0.25) is 0 Å². The fourth-order valence-electron chi connectivity index (χ4n) is 2.70. The van der Waals surface area contributed by atoms with Crippen molar-refractivity contribution in [1.29, 1.82) is 0 Å². The van der Waals surface area contributed by atoms with E-state index >= 15 is 0 Å². The van der Waals surface area contributed by atoms with E-state index in [0.717, 1.165) is 13.1 Å². The summed E-state index contributed by atoms with van der Waals surface area (Å²) in [4.78, 5) is 13.8. The standard InChI is InChI=1S/C15H22N2O2/c1-11-6-4-5-7-14(11)17-9-12(2)16-13(10-17)8-15(18)19-3/h4-7,12-13,16H,8-10H2,1-3H3. The Morgan fingerprint density at radius 2 is 2.16 bits per heavy atom. The van der Waals surface area contributed by atoms with Crippen LogP contribution < -0.4 is 10.2 Å². The largest absolute Gasteiger partial charge is 0.469 e. The number of nitrogens with zero attached hydrogens (tertiary/aromatic N) is 1. The summed E-state index contributed by atoms with van der Waals surface area (Å²) >= 11 is 0. The summed E-state index contributed by atoms with van der Waals surface area (Å²) in [7, 11) is 1.44. The van der Waals surface area contributed by atoms with Gasteiger partial charge < -0.3 is 15.0 Å². The molecule has 1 aromatic carbocycles. The lowest BCUT2D eigenvalue weighted by molar-refractivity contribution is -0.141. The highest BCUT2D eigenvalue weighted by molar-refractivity contribution is 5.70. The average Bonchev–Trinajstić information content (AvgIpc) is 2.38. The molecule has 0 bridgehead atoms. The quantitative estimate of drug-likeness (QED) is 0.842. The molecule has 4 heteroatoms. The minimum Gasteiger partial charge on any atom is -0.469 e. The van der Waals surface area contributed by atoms with Gasteiger partial charge in [0.15, 0.2) is 0 Å². The molecule has 0 aliphatic carbocycles. The summed E-state index contributed by atoms with van der Waals surface area (Å²) in [5.41, 5.74) is 2.53. The zero-order valence-corrected chi connectivity index (χ0v) is 11.8. The Kier molecular flexibility index (Phi) is 4.43. The molecule has 19 heavy (non-hydrogen) atoms. The van der Waals surface area contributed by atoms with Crippen molar-refractivity contribution in [2.24, 2.45) is 0 Å². The van der Waals surface area contributed by atoms with E-state index in [2.05, 4.69) is 48.3 Å². The van der Waals surface area contributed by atoms with Gasteiger partial charge in [-0.1, -0.05) is 18.2 Å². The first-order chi connectivity index (χ1) is 9.10. The number of ether oxygens (including phenoxy) is 1. The number of piperazine rings is 1. The number of rotatable bonds is 3. The van der Waals surface area contributed by atoms with E-state index in [1.165, 1.54) is 18.4 Å². The van der Waals surface area contributed by atoms with Crippen molar-refractivity contribution < 1.29 is 9.53 Å². The van der Waals surface area contributed by atoms with Crippen LogP contribution in [0.4, 0.5) is 5.69 Å². The van der Waals surface area contributed by atoms with Crippen LogP contribution in [0.25, 0.3) is 0 Å². The second-order valence-corrected chi connectivity index (χ2v) is 5.24. The number of nitrogens with one attached hydrogen (secondary N) is 1. The average molecular weight is 262 g/mol. The van der Waals surface area contributed by atoms with Crippen molar-refractivity contribution in [3.63, 3.8) is 0 Å². The van der Waals surface area contributed by atoms with Gasteiger partial charge in [0.1, 0.15) is 0 Å². The van der Waals surface area contributed by atoms with E-state index in [1.807, 2.05) is 0 Å². The van der Waals surface area contributed by atoms with Crippen LogP contribution in [0.1, 0.15) is 18.9 Å². The molecule has 2 atom stereocenters. The lowest BCUT2D eigenvalue weighted by Crippen LogP contribution is -2.56. The highest BCUT2D eigenvalue weighted by Gasteiger charge is 2.26. The number of aryl methyl sites for hydroxylation is 1. The van der Waals surface area contributed by atoms with E-state index in [4.69, 9.17) is 4.74 Å². The van der Waals surface area contributed by atoms with Gasteiger partial charge in [-0.05, 0) is 25.5 Å². The van der Waals surface area contributed by atoms with Crippen molar-refractivity contribution in [1.82, 2.24) is 5.32 Å². The molecule has 0 saturated carbocycles. The molecule has 1 saturated heterocycles. The van der Waals surface area contributed by atoms with E-state index < -0.39 is 0 Å². The molecule has 1 aromatic rings. The van der Waals surface area contributed by atoms with Gasteiger partial charge in [-0.15, -0.1) is 0 Å². The van der Waals surface area contributed by atoms with Gasteiger partial charge in [-0.3, -0.25) is 4.79 Å². The topological polar surface area (TPSA) is 41.6 Å². The number of carbonyl (C=O) groups excluding carboxylic acids is 1. The van der Waals surface area contributed by atoms with Crippen LogP contribution in [0.5, 0.6) is 0 Å². The minimum absolute atomic E-state index is 0.149. The highest BCUT2D eigenvalue weighted by Crippen LogP contribution is 2.22. The Labute approximate surface area is 114 Å². The van der Waals surface area contributed by atoms with Gasteiger partial charge in [0.25, 0.3) is 0 Å². The summed E-state index contributed by atoms with van der Waals surface area (Å²) in [6.45, 7) is 6.07. The SMILES string of the molecule is COC(=O)CC1CN(c2ccccc2C)CC(C)N1. The van der Waals surface area contributed by atoms with Crippen molar-refractivity contribution in [2.75, 3.05) is 25.1 Å². The zero-order chi connectivity index (χ0) is 13.8. The van der Waals surface area contributed by atoms with E-state index in [-0.39, 0.29) is 12.0 Å². The number of hydrogen-bond acceptors (Lipinski definition) is 4. The molecular formula is C15H22N2O2. The number of methoxy groups -OCH3 is 1. The molecule has 0 radical (unpaired) electrons. The van der Waals surface area contributed by atoms with Crippen LogP contribution in [-0.4, -0.2) is 38.3 Å². The predicted octanol–water partition coefficient (Wildman–Crippen LogP) is 1.72. The van der Waals surface area contributed by atoms with Crippen molar-refractivity contribution in [2.45, 2.75) is 32.4 Å². The number of carbonyl (C=O) groups is 1. The number of esters is 1. The van der Waals surface area contributed by atoms with Gasteiger partial charge in [-0.25, -0.2) is 0 Å². The van der Waals surface area contributed by atoms with Crippen LogP contribution >= 0.6 is 0 Å². The molecular weight excluding hydrogens is 240 g/mol. The molecule has 4 nitrogen and oxygen atoms in total. The molecule has 1 aliphatic heterocycles. The molecule has 2 unspecified atom stereocenters. The molecule has 1 aliphatic rings. The van der Waals surface area contributed by atoms with Crippen LogP contribution in [0.2, 0.25) is 0 Å². The number of para-hydroxylation sites is 1. The van der Waals surface area contributed by atoms with E-state index in [9.17, 15) is 4.79 Å². The maximum atomic E-state index is 11.4. The Bertz CT molecular complexity index is 448. The molecule has 104 valence electrons. The first-order valence-corrected chi connectivity index (χ1v) is 6.73. The first kappa shape index (κ1) is 13.9. The Morgan fingerprint density at radius 3 is 2.84 bits per heavy atom. The Hall–Kier alpha value is -1.55. The summed E-state index contributed by atoms with van der Waals surface area (Å²) in [6.07, 6.45) is 0.420. The van der Waals surface area contributed by atoms with Gasteiger partial charge in [0, 0.05) is 30.9 Å². The van der Waals surface area contributed by atoms with Crippen LogP contribution in [0.3, 0.4) is 0 Å². The summed E-state index contributed by atoms with van der Waals surface area (Å²) in [5, 5.41) is 3.46. The highest BCUT2D eigenvalue weighted by atomic mass is 16.5. The zero-order valence-electron chi connectivity index (χ0n) is 11.8. The van der Waals surface area contributed by atoms with Crippen LogP contribution in [0, 0.1) is 6.92 Å². The smallest absolute Gasteiger partial charge is 0.307 e. The molecule has 1 fully saturated rings. The third kappa shape index (κ3) is 3.47.